The average Bonchev–Trinajstić information content (AvgIpc) is 3.07. The van der Waals surface area contributed by atoms with E-state index in [2.05, 4.69) is 15.6 Å². The first kappa shape index (κ1) is 16.1. The summed E-state index contributed by atoms with van der Waals surface area (Å²) in [4.78, 5) is 16.3. The van der Waals surface area contributed by atoms with Crippen molar-refractivity contribution in [2.45, 2.75) is 32.9 Å². The number of rotatable bonds is 6. The zero-order chi connectivity index (χ0) is 16.9. The van der Waals surface area contributed by atoms with Crippen molar-refractivity contribution < 1.29 is 14.3 Å². The van der Waals surface area contributed by atoms with E-state index in [1.807, 2.05) is 38.1 Å². The average molecular weight is 327 g/mol. The summed E-state index contributed by atoms with van der Waals surface area (Å²) >= 11 is 0. The molecule has 1 atom stereocenters. The number of pyridine rings is 1. The van der Waals surface area contributed by atoms with E-state index in [1.54, 1.807) is 12.3 Å². The molecule has 0 spiro atoms. The van der Waals surface area contributed by atoms with E-state index in [9.17, 15) is 4.79 Å². The van der Waals surface area contributed by atoms with Crippen LogP contribution in [0.15, 0.2) is 36.5 Å². The van der Waals surface area contributed by atoms with E-state index in [0.717, 1.165) is 29.2 Å². The molecule has 1 aliphatic rings. The molecule has 0 saturated heterocycles. The Morgan fingerprint density at radius 1 is 1.25 bits per heavy atom. The van der Waals surface area contributed by atoms with Gasteiger partial charge in [-0.3, -0.25) is 9.78 Å². The van der Waals surface area contributed by atoms with Crippen molar-refractivity contribution in [1.82, 2.24) is 10.3 Å². The van der Waals surface area contributed by atoms with Crippen LogP contribution >= 0.6 is 0 Å². The first-order chi connectivity index (χ1) is 11.7. The maximum absolute atomic E-state index is 12.1. The molecule has 1 aliphatic heterocycles. The number of ether oxygens (including phenoxy) is 2. The van der Waals surface area contributed by atoms with Gasteiger partial charge in [-0.05, 0) is 43.2 Å². The van der Waals surface area contributed by atoms with E-state index in [-0.39, 0.29) is 18.7 Å². The first-order valence-electron chi connectivity index (χ1n) is 8.05. The highest BCUT2D eigenvalue weighted by Gasteiger charge is 2.13. The SMILES string of the molecule is CCC(C)NC(=O)c1cc(NCc2ccc3c(c2)OCO3)ccn1. The van der Waals surface area contributed by atoms with Gasteiger partial charge in [0.05, 0.1) is 0 Å². The van der Waals surface area contributed by atoms with Crippen LogP contribution in [0.5, 0.6) is 11.5 Å². The molecule has 2 heterocycles. The number of amides is 1. The second kappa shape index (κ2) is 7.21. The van der Waals surface area contributed by atoms with Gasteiger partial charge < -0.3 is 20.1 Å². The molecular weight excluding hydrogens is 306 g/mol. The van der Waals surface area contributed by atoms with Gasteiger partial charge in [-0.25, -0.2) is 0 Å². The molecule has 6 nitrogen and oxygen atoms in total. The quantitative estimate of drug-likeness (QED) is 0.853. The Morgan fingerprint density at radius 2 is 2.08 bits per heavy atom. The lowest BCUT2D eigenvalue weighted by Gasteiger charge is -2.12. The number of nitrogens with one attached hydrogen (secondary N) is 2. The van der Waals surface area contributed by atoms with Gasteiger partial charge in [-0.15, -0.1) is 0 Å². The smallest absolute Gasteiger partial charge is 0.270 e. The summed E-state index contributed by atoms with van der Waals surface area (Å²) in [6.07, 6.45) is 2.52. The minimum atomic E-state index is -0.156. The number of carbonyl (C=O) groups is 1. The van der Waals surface area contributed by atoms with Crippen LogP contribution in [0.4, 0.5) is 5.69 Å². The van der Waals surface area contributed by atoms with Gasteiger partial charge in [-0.1, -0.05) is 13.0 Å². The van der Waals surface area contributed by atoms with Gasteiger partial charge in [0.15, 0.2) is 11.5 Å². The first-order valence-corrected chi connectivity index (χ1v) is 8.05. The van der Waals surface area contributed by atoms with Crippen LogP contribution in [0, 0.1) is 0 Å². The van der Waals surface area contributed by atoms with Gasteiger partial charge in [0.25, 0.3) is 5.91 Å². The number of aromatic nitrogens is 1. The molecule has 1 unspecified atom stereocenters. The second-order valence-electron chi connectivity index (χ2n) is 5.75. The standard InChI is InChI=1S/C18H21N3O3/c1-3-12(2)21-18(22)15-9-14(6-7-19-15)20-10-13-4-5-16-17(8-13)24-11-23-16/h4-9,12H,3,10-11H2,1-2H3,(H,19,20)(H,21,22). The van der Waals surface area contributed by atoms with Crippen molar-refractivity contribution in [2.75, 3.05) is 12.1 Å². The fraction of sp³-hybridized carbons (Fsp3) is 0.333. The van der Waals surface area contributed by atoms with Crippen LogP contribution in [-0.2, 0) is 6.54 Å². The Bertz CT molecular complexity index is 733. The maximum Gasteiger partial charge on any atom is 0.270 e. The lowest BCUT2D eigenvalue weighted by Crippen LogP contribution is -2.32. The second-order valence-corrected chi connectivity index (χ2v) is 5.75. The molecule has 1 aromatic carbocycles. The van der Waals surface area contributed by atoms with Gasteiger partial charge in [0.2, 0.25) is 6.79 Å². The third-order valence-electron chi connectivity index (χ3n) is 3.92. The van der Waals surface area contributed by atoms with Crippen molar-refractivity contribution in [3.05, 3.63) is 47.8 Å². The fourth-order valence-corrected chi connectivity index (χ4v) is 2.32. The number of anilines is 1. The van der Waals surface area contributed by atoms with Gasteiger partial charge in [0, 0.05) is 24.5 Å². The zero-order valence-corrected chi connectivity index (χ0v) is 13.8. The van der Waals surface area contributed by atoms with E-state index in [1.165, 1.54) is 0 Å². The van der Waals surface area contributed by atoms with Crippen molar-refractivity contribution in [3.8, 4) is 11.5 Å². The molecule has 126 valence electrons. The van der Waals surface area contributed by atoms with Crippen molar-refractivity contribution in [3.63, 3.8) is 0 Å². The number of benzene rings is 1. The topological polar surface area (TPSA) is 72.5 Å². The number of hydrogen-bond acceptors (Lipinski definition) is 5. The van der Waals surface area contributed by atoms with E-state index in [0.29, 0.717) is 12.2 Å². The Labute approximate surface area is 141 Å². The molecule has 0 fully saturated rings. The summed E-state index contributed by atoms with van der Waals surface area (Å²) in [6, 6.07) is 9.56. The molecule has 1 aromatic heterocycles. The highest BCUT2D eigenvalue weighted by Crippen LogP contribution is 2.32. The van der Waals surface area contributed by atoms with E-state index >= 15 is 0 Å². The minimum absolute atomic E-state index is 0.129. The minimum Gasteiger partial charge on any atom is -0.454 e. The van der Waals surface area contributed by atoms with Crippen LogP contribution in [0.1, 0.15) is 36.3 Å². The molecule has 0 aliphatic carbocycles. The van der Waals surface area contributed by atoms with Gasteiger partial charge in [0.1, 0.15) is 5.69 Å². The number of nitrogens with zero attached hydrogens (tertiary/aromatic N) is 1. The summed E-state index contributed by atoms with van der Waals surface area (Å²) < 4.78 is 10.7. The Hall–Kier alpha value is -2.76. The largest absolute Gasteiger partial charge is 0.454 e. The van der Waals surface area contributed by atoms with Crippen molar-refractivity contribution >= 4 is 11.6 Å². The molecule has 2 N–H and O–H groups in total. The van der Waals surface area contributed by atoms with Crippen LogP contribution < -0.4 is 20.1 Å². The summed E-state index contributed by atoms with van der Waals surface area (Å²) in [7, 11) is 0. The van der Waals surface area contributed by atoms with Gasteiger partial charge >= 0.3 is 0 Å². The van der Waals surface area contributed by atoms with Crippen LogP contribution in [0.25, 0.3) is 0 Å². The lowest BCUT2D eigenvalue weighted by atomic mass is 10.2. The molecule has 1 amide bonds. The van der Waals surface area contributed by atoms with Crippen LogP contribution in [-0.4, -0.2) is 23.7 Å². The molecule has 0 bridgehead atoms. The fourth-order valence-electron chi connectivity index (χ4n) is 2.32. The Kier molecular flexibility index (Phi) is 4.84. The summed E-state index contributed by atoms with van der Waals surface area (Å²) in [5, 5.41) is 6.21. The van der Waals surface area contributed by atoms with E-state index in [4.69, 9.17) is 9.47 Å². The number of hydrogen-bond donors (Lipinski definition) is 2. The third-order valence-corrected chi connectivity index (χ3v) is 3.92. The highest BCUT2D eigenvalue weighted by molar-refractivity contribution is 5.93. The van der Waals surface area contributed by atoms with Crippen molar-refractivity contribution in [2.24, 2.45) is 0 Å². The predicted molar refractivity (Wildman–Crippen MR) is 91.3 cm³/mol. The predicted octanol–water partition coefficient (Wildman–Crippen LogP) is 2.95. The molecule has 3 rings (SSSR count). The number of fused-ring (bicyclic) bond motifs is 1. The molecule has 0 saturated carbocycles. The van der Waals surface area contributed by atoms with E-state index < -0.39 is 0 Å². The summed E-state index contributed by atoms with van der Waals surface area (Å²) in [6.45, 7) is 4.89. The summed E-state index contributed by atoms with van der Waals surface area (Å²) in [5.74, 6) is 1.38. The molecule has 24 heavy (non-hydrogen) atoms. The molecule has 0 radical (unpaired) electrons. The Balaban J connectivity index is 1.63. The molecular formula is C18H21N3O3. The van der Waals surface area contributed by atoms with Crippen molar-refractivity contribution in [1.29, 1.82) is 0 Å². The number of carbonyl (C=O) groups excluding carboxylic acids is 1. The summed E-state index contributed by atoms with van der Waals surface area (Å²) in [5.41, 5.74) is 2.32. The monoisotopic (exact) mass is 327 g/mol. The normalized spacial score (nSPS) is 13.4. The van der Waals surface area contributed by atoms with Gasteiger partial charge in [-0.2, -0.15) is 0 Å². The molecule has 6 heteroatoms. The molecule has 2 aromatic rings. The van der Waals surface area contributed by atoms with Crippen LogP contribution in [0.3, 0.4) is 0 Å². The maximum atomic E-state index is 12.1. The highest BCUT2D eigenvalue weighted by atomic mass is 16.7. The zero-order valence-electron chi connectivity index (χ0n) is 13.8. The lowest BCUT2D eigenvalue weighted by molar-refractivity contribution is 0.0934. The Morgan fingerprint density at radius 3 is 2.92 bits per heavy atom. The third kappa shape index (κ3) is 3.76. The van der Waals surface area contributed by atoms with Crippen LogP contribution in [0.2, 0.25) is 0 Å².